The minimum Gasteiger partial charge on any atom is -0.462 e. The summed E-state index contributed by atoms with van der Waals surface area (Å²) in [6, 6.07) is 0. The Morgan fingerprint density at radius 3 is 1.17 bits per heavy atom. The van der Waals surface area contributed by atoms with Crippen LogP contribution in [-0.4, -0.2) is 66.5 Å². The second-order valence-electron chi connectivity index (χ2n) is 19.8. The largest absolute Gasteiger partial charge is 0.472 e. The molecule has 0 bridgehead atoms. The number of aliphatic hydroxyl groups excluding tert-OH is 1. The van der Waals surface area contributed by atoms with Gasteiger partial charge in [0.25, 0.3) is 0 Å². The van der Waals surface area contributed by atoms with E-state index in [-0.39, 0.29) is 25.9 Å². The van der Waals surface area contributed by atoms with E-state index in [1.54, 1.807) is 0 Å². The summed E-state index contributed by atoms with van der Waals surface area (Å²) in [6.45, 7) is 4.40. The number of ether oxygens (including phenoxy) is 3. The number of phosphoric ester groups is 1. The quantitative estimate of drug-likeness (QED) is 0.0197. The summed E-state index contributed by atoms with van der Waals surface area (Å²) in [7, 11) is -4.78. The molecule has 0 saturated heterocycles. The molecule has 12 heteroatoms. The van der Waals surface area contributed by atoms with Gasteiger partial charge in [0, 0.05) is 19.3 Å². The van der Waals surface area contributed by atoms with E-state index in [4.69, 9.17) is 23.3 Å². The Morgan fingerprint density at radius 1 is 0.382 bits per heavy atom. The lowest BCUT2D eigenvalue weighted by molar-refractivity contribution is -0.161. The summed E-state index contributed by atoms with van der Waals surface area (Å²) in [6.07, 6.45) is 68.1. The van der Waals surface area contributed by atoms with Gasteiger partial charge in [-0.2, -0.15) is 0 Å². The molecule has 0 rings (SSSR count). The molecule has 0 aromatic heterocycles. The number of unbranched alkanes of at least 4 members (excludes halogenated alkanes) is 22. The summed E-state index contributed by atoms with van der Waals surface area (Å²) >= 11 is 0. The minimum absolute atomic E-state index is 0.0516. The Labute approximate surface area is 463 Å². The number of phosphoric acid groups is 1. The Morgan fingerprint density at radius 2 is 0.711 bits per heavy atom. The van der Waals surface area contributed by atoms with Crippen molar-refractivity contribution in [1.29, 1.82) is 0 Å². The molecular weight excluding hydrogens is 976 g/mol. The van der Waals surface area contributed by atoms with Crippen LogP contribution in [0.2, 0.25) is 0 Å². The molecule has 3 unspecified atom stereocenters. The first-order chi connectivity index (χ1) is 37.2. The van der Waals surface area contributed by atoms with Gasteiger partial charge in [0.15, 0.2) is 6.10 Å². The monoisotopic (exact) mass is 1080 g/mol. The summed E-state index contributed by atoms with van der Waals surface area (Å²) < 4.78 is 39.5. The van der Waals surface area contributed by atoms with Crippen molar-refractivity contribution in [2.75, 3.05) is 26.4 Å². The first kappa shape index (κ1) is 72.4. The van der Waals surface area contributed by atoms with Crippen molar-refractivity contribution in [2.45, 2.75) is 264 Å². The highest BCUT2D eigenvalue weighted by atomic mass is 31.2. The number of esters is 3. The second-order valence-corrected chi connectivity index (χ2v) is 21.2. The first-order valence-corrected chi connectivity index (χ1v) is 31.6. The lowest BCUT2D eigenvalue weighted by Crippen LogP contribution is -2.30. The maximum Gasteiger partial charge on any atom is 0.472 e. The Balaban J connectivity index is 4.80. The van der Waals surface area contributed by atoms with E-state index >= 15 is 0 Å². The smallest absolute Gasteiger partial charge is 0.462 e. The van der Waals surface area contributed by atoms with E-state index in [1.165, 1.54) is 83.5 Å². The van der Waals surface area contributed by atoms with Gasteiger partial charge in [0.05, 0.1) is 19.8 Å². The molecule has 0 radical (unpaired) electrons. The number of aliphatic hydroxyl groups is 1. The fourth-order valence-electron chi connectivity index (χ4n) is 7.90. The molecule has 0 aromatic rings. The number of hydrogen-bond donors (Lipinski definition) is 2. The standard InChI is InChI=1S/C64H109O11P/c1-4-7-10-13-16-19-22-25-27-29-30-32-33-36-38-41-44-47-50-53-62(66)71-57-61(75-64(68)55-52-49-46-43-40-37-34-31-28-26-23-20-17-14-11-8-5-2)59-73-76(69,70)72-58-60(56-65)74-63(67)54-51-48-45-42-39-35-24-21-18-15-12-9-6-3/h9,12,16,18-19,21,25-28,30,32,35,39,45,48,60-61,65H,4-8,10-11,13-15,17,20,22-24,29,31,33-34,36-38,40-44,46-47,49-59H2,1-3H3,(H,69,70)/b12-9-,19-16-,21-18-,27-25-,28-26-,32-30-,39-35-,48-45-. The van der Waals surface area contributed by atoms with Crippen molar-refractivity contribution < 1.29 is 52.2 Å². The molecule has 3 atom stereocenters. The molecule has 0 aliphatic rings. The van der Waals surface area contributed by atoms with Crippen LogP contribution >= 0.6 is 7.82 Å². The van der Waals surface area contributed by atoms with Gasteiger partial charge in [-0.3, -0.25) is 23.4 Å². The molecule has 0 spiro atoms. The fourth-order valence-corrected chi connectivity index (χ4v) is 8.68. The van der Waals surface area contributed by atoms with Crippen molar-refractivity contribution >= 4 is 25.7 Å². The van der Waals surface area contributed by atoms with Gasteiger partial charge in [0.1, 0.15) is 12.7 Å². The number of rotatable bonds is 55. The van der Waals surface area contributed by atoms with E-state index in [9.17, 15) is 28.9 Å². The molecule has 0 saturated carbocycles. The molecule has 2 N–H and O–H groups in total. The fraction of sp³-hybridized carbons (Fsp3) is 0.703. The normalized spacial score (nSPS) is 14.0. The van der Waals surface area contributed by atoms with E-state index in [2.05, 4.69) is 106 Å². The van der Waals surface area contributed by atoms with Gasteiger partial charge in [0.2, 0.25) is 0 Å². The van der Waals surface area contributed by atoms with E-state index < -0.39 is 57.8 Å². The first-order valence-electron chi connectivity index (χ1n) is 30.1. The maximum absolute atomic E-state index is 12.9. The van der Waals surface area contributed by atoms with Crippen LogP contribution in [0, 0.1) is 0 Å². The minimum atomic E-state index is -4.78. The highest BCUT2D eigenvalue weighted by molar-refractivity contribution is 7.47. The third kappa shape index (κ3) is 55.2. The zero-order valence-electron chi connectivity index (χ0n) is 48.2. The third-order valence-electron chi connectivity index (χ3n) is 12.5. The third-order valence-corrected chi connectivity index (χ3v) is 13.4. The lowest BCUT2D eigenvalue weighted by atomic mass is 10.1. The zero-order chi connectivity index (χ0) is 55.5. The van der Waals surface area contributed by atoms with Crippen molar-refractivity contribution in [2.24, 2.45) is 0 Å². The van der Waals surface area contributed by atoms with Gasteiger partial charge in [-0.1, -0.05) is 221 Å². The van der Waals surface area contributed by atoms with Crippen LogP contribution in [0.1, 0.15) is 252 Å². The maximum atomic E-state index is 12.9. The van der Waals surface area contributed by atoms with Crippen LogP contribution in [0.25, 0.3) is 0 Å². The highest BCUT2D eigenvalue weighted by Crippen LogP contribution is 2.43. The van der Waals surface area contributed by atoms with Gasteiger partial charge < -0.3 is 24.2 Å². The van der Waals surface area contributed by atoms with Gasteiger partial charge in [-0.05, 0) is 109 Å². The number of hydrogen-bond acceptors (Lipinski definition) is 10. The molecule has 0 heterocycles. The van der Waals surface area contributed by atoms with Crippen molar-refractivity contribution in [3.8, 4) is 0 Å². The highest BCUT2D eigenvalue weighted by Gasteiger charge is 2.28. The van der Waals surface area contributed by atoms with Crippen LogP contribution in [0.15, 0.2) is 97.2 Å². The Bertz CT molecular complexity index is 1640. The van der Waals surface area contributed by atoms with Crippen molar-refractivity contribution in [3.63, 3.8) is 0 Å². The predicted octanol–water partition coefficient (Wildman–Crippen LogP) is 18.0. The second kappa shape index (κ2) is 57.6. The van der Waals surface area contributed by atoms with Crippen LogP contribution in [-0.2, 0) is 42.2 Å². The van der Waals surface area contributed by atoms with Crippen LogP contribution in [0.5, 0.6) is 0 Å². The molecule has 436 valence electrons. The Hall–Kier alpha value is -3.60. The molecule has 0 aromatic carbocycles. The van der Waals surface area contributed by atoms with E-state index in [1.807, 2.05) is 12.2 Å². The molecule has 0 aliphatic carbocycles. The average Bonchev–Trinajstić information content (AvgIpc) is 3.41. The molecular formula is C64H109O11P. The van der Waals surface area contributed by atoms with Gasteiger partial charge >= 0.3 is 25.7 Å². The summed E-state index contributed by atoms with van der Waals surface area (Å²) in [4.78, 5) is 48.6. The van der Waals surface area contributed by atoms with Crippen LogP contribution in [0.4, 0.5) is 0 Å². The van der Waals surface area contributed by atoms with Gasteiger partial charge in [-0.25, -0.2) is 4.57 Å². The lowest BCUT2D eigenvalue weighted by Gasteiger charge is -2.21. The molecule has 76 heavy (non-hydrogen) atoms. The summed E-state index contributed by atoms with van der Waals surface area (Å²) in [5, 5.41) is 9.80. The zero-order valence-corrected chi connectivity index (χ0v) is 49.1. The molecule has 0 aliphatic heterocycles. The predicted molar refractivity (Wildman–Crippen MR) is 316 cm³/mol. The Kier molecular flexibility index (Phi) is 54.8. The van der Waals surface area contributed by atoms with Crippen LogP contribution in [0.3, 0.4) is 0 Å². The van der Waals surface area contributed by atoms with E-state index in [0.717, 1.165) is 109 Å². The summed E-state index contributed by atoms with van der Waals surface area (Å²) in [5.74, 6) is -1.57. The number of carbonyl (C=O) groups excluding carboxylic acids is 3. The SMILES string of the molecule is CC/C=C\C/C=C\C/C=C\C/C=C\CCC(=O)OC(CO)COP(=O)(O)OCC(COC(=O)CCCCCCCC/C=C\C/C=C\C/C=C\CCCCC)OC(=O)CCCCCCCCC/C=C\CCCCCCCC. The van der Waals surface area contributed by atoms with Crippen LogP contribution < -0.4 is 0 Å². The average molecular weight is 1090 g/mol. The van der Waals surface area contributed by atoms with E-state index in [0.29, 0.717) is 19.3 Å². The topological polar surface area (TPSA) is 155 Å². The summed E-state index contributed by atoms with van der Waals surface area (Å²) in [5.41, 5.74) is 0. The molecule has 11 nitrogen and oxygen atoms in total. The molecule has 0 fully saturated rings. The number of carbonyl (C=O) groups is 3. The molecule has 0 amide bonds. The number of allylic oxidation sites excluding steroid dienone is 16. The van der Waals surface area contributed by atoms with Crippen molar-refractivity contribution in [1.82, 2.24) is 0 Å². The van der Waals surface area contributed by atoms with Crippen molar-refractivity contribution in [3.05, 3.63) is 97.2 Å². The van der Waals surface area contributed by atoms with Gasteiger partial charge in [-0.15, -0.1) is 0 Å².